The minimum absolute atomic E-state index is 0.124. The van der Waals surface area contributed by atoms with Crippen molar-refractivity contribution in [3.63, 3.8) is 0 Å². The average molecular weight is 351 g/mol. The van der Waals surface area contributed by atoms with Gasteiger partial charge in [-0.15, -0.1) is 0 Å². The van der Waals surface area contributed by atoms with E-state index in [4.69, 9.17) is 13.9 Å². The van der Waals surface area contributed by atoms with Gasteiger partial charge in [0.05, 0.1) is 18.9 Å². The molecule has 0 unspecified atom stereocenters. The fourth-order valence-corrected chi connectivity index (χ4v) is 2.32. The average Bonchev–Trinajstić information content (AvgIpc) is 3.21. The number of nitrogens with one attached hydrogen (secondary N) is 1. The molecule has 6 heteroatoms. The van der Waals surface area contributed by atoms with Gasteiger partial charge in [-0.1, -0.05) is 18.2 Å². The van der Waals surface area contributed by atoms with Gasteiger partial charge in [0.2, 0.25) is 0 Å². The van der Waals surface area contributed by atoms with E-state index in [1.807, 2.05) is 18.2 Å². The van der Waals surface area contributed by atoms with Crippen LogP contribution in [0.1, 0.15) is 26.5 Å². The van der Waals surface area contributed by atoms with E-state index in [1.54, 1.807) is 49.6 Å². The first-order valence-corrected chi connectivity index (χ1v) is 7.90. The number of hydrogen-bond donors (Lipinski definition) is 1. The van der Waals surface area contributed by atoms with E-state index >= 15 is 0 Å². The van der Waals surface area contributed by atoms with E-state index in [9.17, 15) is 9.59 Å². The molecule has 0 spiro atoms. The summed E-state index contributed by atoms with van der Waals surface area (Å²) in [6, 6.07) is 17.0. The smallest absolute Gasteiger partial charge is 0.338 e. The highest BCUT2D eigenvalue weighted by molar-refractivity contribution is 6.03. The van der Waals surface area contributed by atoms with Gasteiger partial charge in [0.15, 0.2) is 5.76 Å². The van der Waals surface area contributed by atoms with Crippen molar-refractivity contribution in [2.45, 2.75) is 6.61 Å². The van der Waals surface area contributed by atoms with Crippen molar-refractivity contribution < 1.29 is 23.5 Å². The Morgan fingerprint density at radius 2 is 1.88 bits per heavy atom. The minimum atomic E-state index is -0.484. The number of methoxy groups -OCH3 is 1. The number of rotatable bonds is 6. The molecule has 0 aliphatic heterocycles. The molecule has 3 rings (SSSR count). The maximum absolute atomic E-state index is 12.3. The maximum Gasteiger partial charge on any atom is 0.338 e. The third kappa shape index (κ3) is 4.30. The Kier molecular flexibility index (Phi) is 5.34. The predicted molar refractivity (Wildman–Crippen MR) is 95.2 cm³/mol. The summed E-state index contributed by atoms with van der Waals surface area (Å²) >= 11 is 0. The van der Waals surface area contributed by atoms with Crippen LogP contribution in [0.3, 0.4) is 0 Å². The normalized spacial score (nSPS) is 10.2. The highest BCUT2D eigenvalue weighted by atomic mass is 16.5. The molecule has 0 saturated heterocycles. The van der Waals surface area contributed by atoms with Crippen molar-refractivity contribution in [2.75, 3.05) is 12.4 Å². The molecule has 26 heavy (non-hydrogen) atoms. The third-order valence-corrected chi connectivity index (χ3v) is 3.61. The summed E-state index contributed by atoms with van der Waals surface area (Å²) in [5, 5.41) is 2.67. The first-order chi connectivity index (χ1) is 12.7. The van der Waals surface area contributed by atoms with Gasteiger partial charge < -0.3 is 19.2 Å². The first kappa shape index (κ1) is 17.3. The second kappa shape index (κ2) is 8.02. The summed E-state index contributed by atoms with van der Waals surface area (Å²) in [7, 11) is 1.58. The molecule has 0 radical (unpaired) electrons. The Balaban J connectivity index is 1.63. The lowest BCUT2D eigenvalue weighted by molar-refractivity contribution is 0.0472. The number of carbonyl (C=O) groups excluding carboxylic acids is 2. The van der Waals surface area contributed by atoms with Crippen molar-refractivity contribution in [3.05, 3.63) is 83.8 Å². The van der Waals surface area contributed by atoms with Crippen molar-refractivity contribution in [1.29, 1.82) is 0 Å². The lowest BCUT2D eigenvalue weighted by Gasteiger charge is -2.08. The number of furan rings is 1. The Morgan fingerprint density at radius 3 is 2.65 bits per heavy atom. The zero-order valence-corrected chi connectivity index (χ0v) is 14.1. The quantitative estimate of drug-likeness (QED) is 0.682. The monoisotopic (exact) mass is 351 g/mol. The van der Waals surface area contributed by atoms with Crippen LogP contribution in [0.5, 0.6) is 5.75 Å². The van der Waals surface area contributed by atoms with Crippen LogP contribution in [0.4, 0.5) is 5.69 Å². The largest absolute Gasteiger partial charge is 0.497 e. The Bertz CT molecular complexity index is 902. The Hall–Kier alpha value is -3.54. The van der Waals surface area contributed by atoms with Crippen LogP contribution >= 0.6 is 0 Å². The highest BCUT2D eigenvalue weighted by Crippen LogP contribution is 2.16. The van der Waals surface area contributed by atoms with Gasteiger partial charge in [0.25, 0.3) is 5.91 Å². The van der Waals surface area contributed by atoms with Gasteiger partial charge in [-0.05, 0) is 48.0 Å². The van der Waals surface area contributed by atoms with Gasteiger partial charge in [-0.2, -0.15) is 0 Å². The Labute approximate surface area is 150 Å². The minimum Gasteiger partial charge on any atom is -0.497 e. The molecule has 1 amide bonds. The van der Waals surface area contributed by atoms with Crippen LogP contribution in [0.2, 0.25) is 0 Å². The molecule has 0 atom stereocenters. The highest BCUT2D eigenvalue weighted by Gasteiger charge is 2.12. The predicted octanol–water partition coefficient (Wildman–Crippen LogP) is 3.90. The molecule has 0 aliphatic rings. The summed E-state index contributed by atoms with van der Waals surface area (Å²) in [6.45, 7) is 0.124. The number of esters is 1. The molecule has 0 aliphatic carbocycles. The SMILES string of the molecule is COc1cccc(COC(=O)c2cccc(NC(=O)c3ccco3)c2)c1. The summed E-state index contributed by atoms with van der Waals surface area (Å²) < 4.78 is 15.5. The van der Waals surface area contributed by atoms with Crippen molar-refractivity contribution >= 4 is 17.6 Å². The second-order valence-corrected chi connectivity index (χ2v) is 5.44. The number of hydrogen-bond acceptors (Lipinski definition) is 5. The maximum atomic E-state index is 12.3. The van der Waals surface area contributed by atoms with Crippen LogP contribution in [0, 0.1) is 0 Å². The summed E-state index contributed by atoms with van der Waals surface area (Å²) in [4.78, 5) is 24.2. The van der Waals surface area contributed by atoms with E-state index in [1.165, 1.54) is 6.26 Å². The van der Waals surface area contributed by atoms with Crippen LogP contribution in [0.15, 0.2) is 71.3 Å². The number of carbonyl (C=O) groups is 2. The molecule has 1 aromatic heterocycles. The first-order valence-electron chi connectivity index (χ1n) is 7.90. The van der Waals surface area contributed by atoms with E-state index in [0.29, 0.717) is 17.0 Å². The van der Waals surface area contributed by atoms with Crippen LogP contribution in [-0.2, 0) is 11.3 Å². The van der Waals surface area contributed by atoms with Gasteiger partial charge in [-0.25, -0.2) is 4.79 Å². The zero-order valence-electron chi connectivity index (χ0n) is 14.1. The molecule has 0 saturated carbocycles. The fraction of sp³-hybridized carbons (Fsp3) is 0.100. The second-order valence-electron chi connectivity index (χ2n) is 5.44. The van der Waals surface area contributed by atoms with E-state index in [-0.39, 0.29) is 12.4 Å². The Morgan fingerprint density at radius 1 is 1.04 bits per heavy atom. The standard InChI is InChI=1S/C20H17NO5/c1-24-17-8-2-5-14(11-17)13-26-20(23)15-6-3-7-16(12-15)21-19(22)18-9-4-10-25-18/h2-12H,13H2,1H3,(H,21,22). The molecule has 3 aromatic rings. The number of amides is 1. The molecule has 1 heterocycles. The van der Waals surface area contributed by atoms with Crippen molar-refractivity contribution in [2.24, 2.45) is 0 Å². The molecule has 1 N–H and O–H groups in total. The van der Waals surface area contributed by atoms with E-state index in [2.05, 4.69) is 5.32 Å². The molecule has 6 nitrogen and oxygen atoms in total. The number of ether oxygens (including phenoxy) is 2. The van der Waals surface area contributed by atoms with Crippen molar-refractivity contribution in [3.8, 4) is 5.75 Å². The summed E-state index contributed by atoms with van der Waals surface area (Å²) in [5.41, 5.74) is 1.63. The summed E-state index contributed by atoms with van der Waals surface area (Å²) in [6.07, 6.45) is 1.42. The van der Waals surface area contributed by atoms with Gasteiger partial charge in [-0.3, -0.25) is 4.79 Å². The molecule has 132 valence electrons. The van der Waals surface area contributed by atoms with E-state index in [0.717, 1.165) is 5.56 Å². The number of benzene rings is 2. The van der Waals surface area contributed by atoms with Crippen LogP contribution in [-0.4, -0.2) is 19.0 Å². The van der Waals surface area contributed by atoms with Crippen molar-refractivity contribution in [1.82, 2.24) is 0 Å². The third-order valence-electron chi connectivity index (χ3n) is 3.61. The molecule has 0 bridgehead atoms. The van der Waals surface area contributed by atoms with Crippen LogP contribution < -0.4 is 10.1 Å². The van der Waals surface area contributed by atoms with Gasteiger partial charge >= 0.3 is 5.97 Å². The lowest BCUT2D eigenvalue weighted by Crippen LogP contribution is -2.12. The van der Waals surface area contributed by atoms with Crippen LogP contribution in [0.25, 0.3) is 0 Å². The molecule has 0 fully saturated rings. The fourth-order valence-electron chi connectivity index (χ4n) is 2.32. The molecular formula is C20H17NO5. The summed E-state index contributed by atoms with van der Waals surface area (Å²) in [5.74, 6) is 0.0102. The number of anilines is 1. The molecular weight excluding hydrogens is 334 g/mol. The van der Waals surface area contributed by atoms with Gasteiger partial charge in [0.1, 0.15) is 12.4 Å². The molecule has 2 aromatic carbocycles. The topological polar surface area (TPSA) is 77.8 Å². The zero-order chi connectivity index (χ0) is 18.4. The van der Waals surface area contributed by atoms with Gasteiger partial charge in [0, 0.05) is 5.69 Å². The lowest BCUT2D eigenvalue weighted by atomic mass is 10.2. The van der Waals surface area contributed by atoms with E-state index < -0.39 is 11.9 Å².